The molecule has 0 heterocycles. The van der Waals surface area contributed by atoms with Crippen LogP contribution in [0.2, 0.25) is 0 Å². The Kier molecular flexibility index (Phi) is 6.16. The van der Waals surface area contributed by atoms with E-state index >= 15 is 0 Å². The van der Waals surface area contributed by atoms with Gasteiger partial charge in [0.05, 0.1) is 19.1 Å². The molecule has 0 amide bonds. The number of phenolic OH excluding ortho intramolecular Hbond substituents is 2. The molecule has 0 atom stereocenters. The van der Waals surface area contributed by atoms with Gasteiger partial charge in [0.1, 0.15) is 11.5 Å². The molecule has 2 N–H and O–H groups in total. The fourth-order valence-corrected chi connectivity index (χ4v) is 4.17. The molecule has 0 aromatic heterocycles. The Hall–Kier alpha value is -1.63. The second-order valence-corrected chi connectivity index (χ2v) is 8.26. The largest absolute Gasteiger partial charge is 0.506 e. The minimum Gasteiger partial charge on any atom is -0.506 e. The van der Waals surface area contributed by atoms with Crippen molar-refractivity contribution in [2.24, 2.45) is 4.99 Å². The third-order valence-electron chi connectivity index (χ3n) is 3.76. The van der Waals surface area contributed by atoms with E-state index in [0.29, 0.717) is 24.7 Å². The van der Waals surface area contributed by atoms with E-state index in [1.165, 1.54) is 5.56 Å². The summed E-state index contributed by atoms with van der Waals surface area (Å²) in [6.45, 7) is 0. The molecule has 3 aromatic carbocycles. The zero-order valence-corrected chi connectivity index (χ0v) is 18.2. The number of phenols is 2. The number of nitrogens with zero attached hydrogens (tertiary/aromatic N) is 1. The van der Waals surface area contributed by atoms with E-state index in [2.05, 4.69) is 64.9 Å². The summed E-state index contributed by atoms with van der Waals surface area (Å²) in [6, 6.07) is 17.4. The Morgan fingerprint density at radius 2 is 1.38 bits per heavy atom. The predicted molar refractivity (Wildman–Crippen MR) is 116 cm³/mol. The van der Waals surface area contributed by atoms with E-state index in [9.17, 15) is 10.2 Å². The fraction of sp³-hybridized carbons (Fsp3) is 0.0500. The van der Waals surface area contributed by atoms with E-state index in [-0.39, 0.29) is 11.5 Å². The van der Waals surface area contributed by atoms with Crippen LogP contribution in [0.1, 0.15) is 16.7 Å². The molecule has 0 aliphatic carbocycles. The SMILES string of the molecule is Oc1c(Br)cc(N=Cc2cc(Cc3ccccc3)cc(Br)c2O)cc1Br. The topological polar surface area (TPSA) is 52.8 Å². The Bertz CT molecular complexity index is 949. The monoisotopic (exact) mass is 537 g/mol. The van der Waals surface area contributed by atoms with E-state index < -0.39 is 0 Å². The van der Waals surface area contributed by atoms with Crippen molar-refractivity contribution in [3.63, 3.8) is 0 Å². The van der Waals surface area contributed by atoms with Gasteiger partial charge in [-0.15, -0.1) is 0 Å². The summed E-state index contributed by atoms with van der Waals surface area (Å²) >= 11 is 9.98. The lowest BCUT2D eigenvalue weighted by atomic mass is 10.0. The van der Waals surface area contributed by atoms with Crippen LogP contribution in [-0.4, -0.2) is 16.4 Å². The van der Waals surface area contributed by atoms with Gasteiger partial charge in [-0.2, -0.15) is 0 Å². The Labute approximate surface area is 176 Å². The molecule has 0 bridgehead atoms. The molecule has 0 unspecified atom stereocenters. The van der Waals surface area contributed by atoms with Gasteiger partial charge in [0.2, 0.25) is 0 Å². The third kappa shape index (κ3) is 4.55. The molecule has 0 fully saturated rings. The lowest BCUT2D eigenvalue weighted by molar-refractivity contribution is 0.468. The number of halogens is 3. The molecular weight excluding hydrogens is 526 g/mol. The van der Waals surface area contributed by atoms with Crippen LogP contribution in [0.25, 0.3) is 0 Å². The highest BCUT2D eigenvalue weighted by molar-refractivity contribution is 9.11. The summed E-state index contributed by atoms with van der Waals surface area (Å²) in [5, 5.41) is 20.1. The first kappa shape index (κ1) is 19.1. The quantitative estimate of drug-likeness (QED) is 0.361. The normalized spacial score (nSPS) is 11.2. The van der Waals surface area contributed by atoms with Crippen molar-refractivity contribution in [2.45, 2.75) is 6.42 Å². The number of benzene rings is 3. The second-order valence-electron chi connectivity index (χ2n) is 5.69. The molecule has 3 nitrogen and oxygen atoms in total. The van der Waals surface area contributed by atoms with E-state index in [4.69, 9.17) is 0 Å². The minimum absolute atomic E-state index is 0.124. The summed E-state index contributed by atoms with van der Waals surface area (Å²) in [7, 11) is 0. The zero-order chi connectivity index (χ0) is 18.7. The van der Waals surface area contributed by atoms with Gasteiger partial charge < -0.3 is 10.2 Å². The maximum atomic E-state index is 10.3. The van der Waals surface area contributed by atoms with E-state index in [1.54, 1.807) is 18.3 Å². The van der Waals surface area contributed by atoms with Crippen LogP contribution in [0.5, 0.6) is 11.5 Å². The van der Waals surface area contributed by atoms with E-state index in [1.807, 2.05) is 30.3 Å². The van der Waals surface area contributed by atoms with Crippen LogP contribution in [0.4, 0.5) is 5.69 Å². The second kappa shape index (κ2) is 8.37. The number of aromatic hydroxyl groups is 2. The summed E-state index contributed by atoms with van der Waals surface area (Å²) in [6.07, 6.45) is 2.37. The highest BCUT2D eigenvalue weighted by Gasteiger charge is 2.09. The van der Waals surface area contributed by atoms with Gasteiger partial charge >= 0.3 is 0 Å². The van der Waals surface area contributed by atoms with E-state index in [0.717, 1.165) is 12.0 Å². The van der Waals surface area contributed by atoms with Crippen molar-refractivity contribution in [3.05, 3.63) is 84.7 Å². The molecule has 0 aliphatic rings. The molecule has 0 saturated heterocycles. The first-order valence-electron chi connectivity index (χ1n) is 7.71. The molecule has 6 heteroatoms. The third-order valence-corrected chi connectivity index (χ3v) is 5.57. The predicted octanol–water partition coefficient (Wildman–Crippen LogP) is 6.73. The highest BCUT2D eigenvalue weighted by Crippen LogP contribution is 2.36. The summed E-state index contributed by atoms with van der Waals surface area (Å²) in [5.74, 6) is 0.266. The molecule has 3 aromatic rings. The summed E-state index contributed by atoms with van der Waals surface area (Å²) < 4.78 is 1.71. The smallest absolute Gasteiger partial charge is 0.144 e. The molecule has 0 aliphatic heterocycles. The van der Waals surface area contributed by atoms with Gasteiger partial charge in [0.25, 0.3) is 0 Å². The van der Waals surface area contributed by atoms with Crippen molar-refractivity contribution in [2.75, 3.05) is 0 Å². The minimum atomic E-state index is 0.124. The van der Waals surface area contributed by atoms with Crippen molar-refractivity contribution in [3.8, 4) is 11.5 Å². The lowest BCUT2D eigenvalue weighted by Crippen LogP contribution is -1.92. The maximum absolute atomic E-state index is 10.3. The zero-order valence-electron chi connectivity index (χ0n) is 13.5. The van der Waals surface area contributed by atoms with Crippen LogP contribution in [0.15, 0.2) is 73.0 Å². The number of rotatable bonds is 4. The summed E-state index contributed by atoms with van der Waals surface area (Å²) in [5.41, 5.74) is 3.52. The standard InChI is InChI=1S/C20H14Br3NO2/c21-16-8-13(6-12-4-2-1-3-5-12)7-14(19(16)25)11-24-15-9-17(22)20(26)18(23)10-15/h1-5,7-11,25-26H,6H2. The maximum Gasteiger partial charge on any atom is 0.144 e. The van der Waals surface area contributed by atoms with Crippen LogP contribution in [-0.2, 0) is 6.42 Å². The van der Waals surface area contributed by atoms with Crippen LogP contribution < -0.4 is 0 Å². The number of hydrogen-bond acceptors (Lipinski definition) is 3. The van der Waals surface area contributed by atoms with Crippen molar-refractivity contribution >= 4 is 59.7 Å². The average Bonchev–Trinajstić information content (AvgIpc) is 2.62. The molecule has 26 heavy (non-hydrogen) atoms. The molecular formula is C20H14Br3NO2. The number of hydrogen-bond donors (Lipinski definition) is 2. The Morgan fingerprint density at radius 3 is 2.04 bits per heavy atom. The van der Waals surface area contributed by atoms with Gasteiger partial charge in [-0.1, -0.05) is 30.3 Å². The first-order valence-corrected chi connectivity index (χ1v) is 10.1. The fourth-order valence-electron chi connectivity index (χ4n) is 2.48. The molecule has 0 spiro atoms. The Balaban J connectivity index is 1.92. The van der Waals surface area contributed by atoms with Crippen molar-refractivity contribution < 1.29 is 10.2 Å². The van der Waals surface area contributed by atoms with Crippen LogP contribution in [0, 0.1) is 0 Å². The molecule has 132 valence electrons. The highest BCUT2D eigenvalue weighted by atomic mass is 79.9. The average molecular weight is 540 g/mol. The van der Waals surface area contributed by atoms with Crippen molar-refractivity contribution in [1.82, 2.24) is 0 Å². The van der Waals surface area contributed by atoms with Gasteiger partial charge in [-0.25, -0.2) is 0 Å². The molecule has 3 rings (SSSR count). The molecule has 0 saturated carbocycles. The van der Waals surface area contributed by atoms with Gasteiger partial charge in [-0.3, -0.25) is 4.99 Å². The Morgan fingerprint density at radius 1 is 0.769 bits per heavy atom. The molecule has 0 radical (unpaired) electrons. The number of aliphatic imine (C=N–C) groups is 1. The van der Waals surface area contributed by atoms with Crippen LogP contribution in [0.3, 0.4) is 0 Å². The summed E-state index contributed by atoms with van der Waals surface area (Å²) in [4.78, 5) is 4.41. The lowest BCUT2D eigenvalue weighted by Gasteiger charge is -2.08. The van der Waals surface area contributed by atoms with Crippen molar-refractivity contribution in [1.29, 1.82) is 0 Å². The van der Waals surface area contributed by atoms with Gasteiger partial charge in [-0.05, 0) is 89.6 Å². The first-order chi connectivity index (χ1) is 12.4. The van der Waals surface area contributed by atoms with Gasteiger partial charge in [0.15, 0.2) is 0 Å². The van der Waals surface area contributed by atoms with Crippen LogP contribution >= 0.6 is 47.8 Å². The van der Waals surface area contributed by atoms with Gasteiger partial charge in [0, 0.05) is 11.8 Å².